The fraction of sp³-hybridized carbons (Fsp3) is 0. The molecule has 9 heteroatoms. The van der Waals surface area contributed by atoms with Gasteiger partial charge in [0.1, 0.15) is 0 Å². The van der Waals surface area contributed by atoms with E-state index in [1.54, 1.807) is 0 Å². The van der Waals surface area contributed by atoms with Crippen LogP contribution < -0.4 is 5.84 Å². The maximum atomic E-state index is 6.07. The quantitative estimate of drug-likeness (QED) is 0.349. The first-order valence-corrected chi connectivity index (χ1v) is 1.68. The van der Waals surface area contributed by atoms with E-state index in [0.717, 1.165) is 0 Å². The molecule has 0 unspecified atom stereocenters. The largest absolute Gasteiger partial charge is 0.303 e. The van der Waals surface area contributed by atoms with Gasteiger partial charge in [-0.25, -0.2) is 0 Å². The normalized spacial score (nSPS) is 14.7. The van der Waals surface area contributed by atoms with E-state index in [9.17, 15) is 0 Å². The van der Waals surface area contributed by atoms with Gasteiger partial charge in [0.15, 0.2) is 0 Å². The van der Waals surface area contributed by atoms with Crippen LogP contribution in [0.15, 0.2) is 36.6 Å². The Morgan fingerprint density at radius 3 is 2.22 bits per heavy atom. The molecule has 0 fully saturated rings. The summed E-state index contributed by atoms with van der Waals surface area (Å²) in [5, 5.41) is 19.4. The van der Waals surface area contributed by atoms with Crippen LogP contribution in [0.5, 0.6) is 0 Å². The molecule has 0 saturated carbocycles. The van der Waals surface area contributed by atoms with Crippen LogP contribution in [-0.4, -0.2) is 0 Å². The molecule has 56 valence electrons. The van der Waals surface area contributed by atoms with Gasteiger partial charge in [0, 0.05) is 10.3 Å². The second kappa shape index (κ2) is 6.20. The number of hydrogen-bond donors (Lipinski definition) is 2. The van der Waals surface area contributed by atoms with E-state index < -0.39 is 0 Å². The summed E-state index contributed by atoms with van der Waals surface area (Å²) in [6, 6.07) is 0. The molecule has 0 aliphatic rings. The summed E-state index contributed by atoms with van der Waals surface area (Å²) in [4.78, 5) is 0. The van der Waals surface area contributed by atoms with Crippen molar-refractivity contribution in [3.05, 3.63) is 0 Å². The van der Waals surface area contributed by atoms with Crippen molar-refractivity contribution < 1.29 is 10.3 Å². The van der Waals surface area contributed by atoms with Crippen molar-refractivity contribution in [3.8, 4) is 0 Å². The summed E-state index contributed by atoms with van der Waals surface area (Å²) < 4.78 is 30.0. The van der Waals surface area contributed by atoms with Gasteiger partial charge < -0.3 is 5.84 Å². The zero-order valence-electron chi connectivity index (χ0n) is 10.2. The molecular weight excluding hydrogens is 126 g/mol. The van der Waals surface area contributed by atoms with E-state index in [2.05, 4.69) is 42.4 Å². The summed E-state index contributed by atoms with van der Waals surface area (Å²) >= 11 is 0. The van der Waals surface area contributed by atoms with Crippen molar-refractivity contribution >= 4 is 0 Å². The van der Waals surface area contributed by atoms with Crippen LogP contribution in [0.3, 0.4) is 0 Å². The van der Waals surface area contributed by atoms with Gasteiger partial charge in [0.2, 0.25) is 0 Å². The van der Waals surface area contributed by atoms with Crippen molar-refractivity contribution in [2.45, 2.75) is 0 Å². The van der Waals surface area contributed by atoms with Gasteiger partial charge in [-0.3, -0.25) is 0 Å². The third-order valence-corrected chi connectivity index (χ3v) is 0.256. The average Bonchev–Trinajstić information content (AvgIpc) is 2.37. The molecule has 0 amide bonds. The molecule has 9 heavy (non-hydrogen) atoms. The Morgan fingerprint density at radius 1 is 1.11 bits per heavy atom. The molecule has 0 radical (unpaired) electrons. The highest BCUT2D eigenvalue weighted by Gasteiger charge is 1.62. The smallest absolute Gasteiger partial charge is 0 e. The summed E-state index contributed by atoms with van der Waals surface area (Å²) in [6.45, 7) is 0. The van der Waals surface area contributed by atoms with E-state index in [1.807, 2.05) is 0 Å². The topological polar surface area (TPSA) is 136 Å². The van der Waals surface area contributed by atoms with Crippen molar-refractivity contribution in [3.63, 3.8) is 0 Å². The summed E-state index contributed by atoms with van der Waals surface area (Å²) in [5.41, 5.74) is 6.07. The van der Waals surface area contributed by atoms with Crippen LogP contribution in [0.2, 0.25) is 0 Å². The number of hydrogen-bond acceptors (Lipinski definition) is 2. The molecule has 0 aliphatic heterocycles. The molecule has 0 bridgehead atoms. The standard InChI is InChI=1S/H3N9.4H2/c1-3-5-7-9-8-6-4-2;;;;/h(H3,1,2,5,6,9);4*1H/i;3*1+1D;1+1. The fourth-order valence-electron chi connectivity index (χ4n) is 0.0968. The molecule has 3 N–H and O–H groups in total. The Hall–Kier alpha value is -1.80. The summed E-state index contributed by atoms with van der Waals surface area (Å²) in [5.74, 6) is 4.52. The molecule has 0 aromatic carbocycles. The van der Waals surface area contributed by atoms with Crippen LogP contribution in [0.4, 0.5) is 0 Å². The molecule has 0 rings (SSSR count). The predicted octanol–water partition coefficient (Wildman–Crippen LogP) is 1.98. The first-order valence-electron chi connectivity index (χ1n) is 4.68. The van der Waals surface area contributed by atoms with Crippen molar-refractivity contribution in [2.24, 2.45) is 42.4 Å². The van der Waals surface area contributed by atoms with Crippen LogP contribution >= 0.6 is 0 Å². The molecular formula is H11N9. The van der Waals surface area contributed by atoms with E-state index in [0.29, 0.717) is 0 Å². The molecule has 0 aromatic heterocycles. The maximum absolute atomic E-state index is 6.07. The Kier molecular flexibility index (Phi) is 2.25. The van der Waals surface area contributed by atoms with Crippen LogP contribution in [0.1, 0.15) is 10.3 Å². The summed E-state index contributed by atoms with van der Waals surface area (Å²) in [7, 11) is 0. The van der Waals surface area contributed by atoms with Crippen molar-refractivity contribution in [1.82, 2.24) is 0 Å². The zero-order chi connectivity index (χ0) is 12.9. The minimum absolute atomic E-state index is 0. The average molecular weight is 144 g/mol. The first kappa shape index (κ1) is 3.27. The third-order valence-electron chi connectivity index (χ3n) is 0.256. The van der Waals surface area contributed by atoms with Crippen molar-refractivity contribution in [2.75, 3.05) is 0 Å². The van der Waals surface area contributed by atoms with E-state index in [1.165, 1.54) is 0 Å². The molecule has 0 aliphatic carbocycles. The summed E-state index contributed by atoms with van der Waals surface area (Å²) in [6.07, 6.45) is 0. The molecule has 0 aromatic rings. The lowest BCUT2D eigenvalue weighted by molar-refractivity contribution is 0.780. The monoisotopic (exact) mass is 144 g/mol. The van der Waals surface area contributed by atoms with Crippen LogP contribution in [0, 0.1) is 5.53 Å². The highest BCUT2D eigenvalue weighted by atomic mass is 15.6. The van der Waals surface area contributed by atoms with Gasteiger partial charge in [-0.15, -0.1) is 0 Å². The molecule has 0 heterocycles. The Bertz CT molecular complexity index is 152. The van der Waals surface area contributed by atoms with Gasteiger partial charge in [-0.05, 0) is 31.3 Å². The number of nitrogens with zero attached hydrogens (tertiary/aromatic N) is 7. The maximum Gasteiger partial charge on any atom is 0 e. The third kappa shape index (κ3) is 6.20. The van der Waals surface area contributed by atoms with Gasteiger partial charge in [0.25, 0.3) is 0 Å². The number of rotatable bonds is 3. The molecule has 0 spiro atoms. The SMILES string of the molecule is N=N/N=N/N=N/N=N/N.[2HH].[2H][2H].[2H][2H].[2H][2H]. The first-order chi connectivity index (χ1) is 7.41. The van der Waals surface area contributed by atoms with E-state index in [4.69, 9.17) is 14.4 Å². The van der Waals surface area contributed by atoms with Crippen molar-refractivity contribution in [1.29, 1.82) is 5.53 Å². The minimum Gasteiger partial charge on any atom is -0.303 e. The molecule has 0 saturated heterocycles. The lowest BCUT2D eigenvalue weighted by atomic mass is 12.4. The van der Waals surface area contributed by atoms with Crippen LogP contribution in [0.25, 0.3) is 0 Å². The Balaban J connectivity index is -0.0000000498. The van der Waals surface area contributed by atoms with Gasteiger partial charge in [0.05, 0.1) is 0 Å². The lowest BCUT2D eigenvalue weighted by Gasteiger charge is -1.65. The highest BCUT2D eigenvalue weighted by Crippen LogP contribution is 1.80. The second-order valence-electron chi connectivity index (χ2n) is 0.663. The van der Waals surface area contributed by atoms with Crippen LogP contribution in [-0.2, 0) is 0 Å². The highest BCUT2D eigenvalue weighted by molar-refractivity contribution is 4.05. The lowest BCUT2D eigenvalue weighted by Crippen LogP contribution is -1.70. The Labute approximate surface area is 59.9 Å². The number of nitrogens with two attached hydrogens (primary N) is 1. The minimum atomic E-state index is 0. The van der Waals surface area contributed by atoms with Gasteiger partial charge in [-0.1, -0.05) is 5.22 Å². The predicted molar refractivity (Wildman–Crippen MR) is 32.4 cm³/mol. The van der Waals surface area contributed by atoms with Gasteiger partial charge >= 0.3 is 0 Å². The second-order valence-corrected chi connectivity index (χ2v) is 0.663. The Morgan fingerprint density at radius 2 is 1.67 bits per heavy atom. The van der Waals surface area contributed by atoms with E-state index >= 15 is 0 Å². The molecule has 0 atom stereocenters. The van der Waals surface area contributed by atoms with E-state index in [-0.39, 0.29) is 1.43 Å². The zero-order valence-corrected chi connectivity index (χ0v) is 4.21. The fourth-order valence-corrected chi connectivity index (χ4v) is 0.0968. The molecule has 9 nitrogen and oxygen atoms in total. The number of nitrogens with one attached hydrogen (secondary N) is 1. The van der Waals surface area contributed by atoms with Gasteiger partial charge in [-0.2, -0.15) is 5.53 Å².